The number of hydrogen-bond acceptors (Lipinski definition) is 4. The van der Waals surface area contributed by atoms with E-state index >= 15 is 0 Å². The Hall–Kier alpha value is -3.76. The predicted molar refractivity (Wildman–Crippen MR) is 118 cm³/mol. The number of carbonyl (C=O) groups excluding carboxylic acids is 3. The molecule has 0 radical (unpaired) electrons. The first-order chi connectivity index (χ1) is 16.6. The van der Waals surface area contributed by atoms with E-state index in [1.807, 2.05) is 0 Å². The molecular formula is C24H22F4N4O3. The van der Waals surface area contributed by atoms with Crippen molar-refractivity contribution in [2.24, 2.45) is 5.10 Å². The number of carbonyl (C=O) groups is 3. The van der Waals surface area contributed by atoms with Crippen molar-refractivity contribution in [3.63, 3.8) is 0 Å². The van der Waals surface area contributed by atoms with Gasteiger partial charge in [0.05, 0.1) is 17.7 Å². The number of nitrogens with zero attached hydrogens (tertiary/aromatic N) is 4. The molecule has 0 aromatic heterocycles. The number of hydrazone groups is 1. The molecule has 11 heteroatoms. The predicted octanol–water partition coefficient (Wildman–Crippen LogP) is 3.31. The van der Waals surface area contributed by atoms with Gasteiger partial charge in [-0.2, -0.15) is 18.3 Å². The van der Waals surface area contributed by atoms with Crippen LogP contribution in [0.3, 0.4) is 0 Å². The van der Waals surface area contributed by atoms with Crippen LogP contribution in [0.4, 0.5) is 17.6 Å². The monoisotopic (exact) mass is 490 g/mol. The summed E-state index contributed by atoms with van der Waals surface area (Å²) in [6.07, 6.45) is -4.39. The average Bonchev–Trinajstić information content (AvgIpc) is 2.85. The van der Waals surface area contributed by atoms with Crippen molar-refractivity contribution in [2.75, 3.05) is 26.2 Å². The van der Waals surface area contributed by atoms with E-state index in [9.17, 15) is 31.9 Å². The first-order valence-corrected chi connectivity index (χ1v) is 11.0. The van der Waals surface area contributed by atoms with E-state index < -0.39 is 29.0 Å². The normalized spacial score (nSPS) is 16.9. The molecule has 0 unspecified atom stereocenters. The SMILES string of the molecule is O=C(C1=NN(Cc2ccc(F)cc2)C(=O)CC1)N1CCN(C(=O)c2ccccc2C(F)(F)F)CC1. The Morgan fingerprint density at radius 1 is 0.857 bits per heavy atom. The van der Waals surface area contributed by atoms with Crippen molar-refractivity contribution in [1.29, 1.82) is 0 Å². The summed E-state index contributed by atoms with van der Waals surface area (Å²) in [5.41, 5.74) is -0.574. The summed E-state index contributed by atoms with van der Waals surface area (Å²) in [5.74, 6) is -1.79. The summed E-state index contributed by atoms with van der Waals surface area (Å²) in [6, 6.07) is 10.2. The van der Waals surface area contributed by atoms with Gasteiger partial charge in [0, 0.05) is 39.0 Å². The molecule has 3 amide bonds. The number of amides is 3. The molecule has 1 saturated heterocycles. The van der Waals surface area contributed by atoms with Crippen molar-refractivity contribution >= 4 is 23.4 Å². The van der Waals surface area contributed by atoms with Crippen LogP contribution in [0.5, 0.6) is 0 Å². The van der Waals surface area contributed by atoms with Crippen LogP contribution in [0, 0.1) is 5.82 Å². The second-order valence-electron chi connectivity index (χ2n) is 8.25. The summed E-state index contributed by atoms with van der Waals surface area (Å²) < 4.78 is 53.0. The van der Waals surface area contributed by atoms with E-state index in [0.717, 1.165) is 12.1 Å². The third-order valence-electron chi connectivity index (χ3n) is 5.91. The summed E-state index contributed by atoms with van der Waals surface area (Å²) in [6.45, 7) is 0.495. The van der Waals surface area contributed by atoms with Gasteiger partial charge in [-0.05, 0) is 29.8 Å². The molecule has 0 atom stereocenters. The van der Waals surface area contributed by atoms with Gasteiger partial charge in [-0.3, -0.25) is 14.4 Å². The molecule has 35 heavy (non-hydrogen) atoms. The van der Waals surface area contributed by atoms with Crippen LogP contribution in [0.15, 0.2) is 53.6 Å². The second kappa shape index (κ2) is 9.85. The Morgan fingerprint density at radius 3 is 2.09 bits per heavy atom. The fourth-order valence-corrected chi connectivity index (χ4v) is 4.02. The number of halogens is 4. The molecule has 4 rings (SSSR count). The minimum atomic E-state index is -4.65. The Balaban J connectivity index is 1.40. The Bertz CT molecular complexity index is 1160. The molecule has 2 aromatic rings. The van der Waals surface area contributed by atoms with Gasteiger partial charge in [0.25, 0.3) is 11.8 Å². The molecule has 0 saturated carbocycles. The van der Waals surface area contributed by atoms with Crippen LogP contribution < -0.4 is 0 Å². The molecule has 1 fully saturated rings. The fourth-order valence-electron chi connectivity index (χ4n) is 4.02. The van der Waals surface area contributed by atoms with E-state index in [1.165, 1.54) is 51.2 Å². The molecular weight excluding hydrogens is 468 g/mol. The lowest BCUT2D eigenvalue weighted by molar-refractivity contribution is -0.138. The third kappa shape index (κ3) is 5.50. The van der Waals surface area contributed by atoms with E-state index in [-0.39, 0.29) is 63.1 Å². The van der Waals surface area contributed by atoms with Crippen LogP contribution in [-0.2, 0) is 22.3 Å². The van der Waals surface area contributed by atoms with Crippen LogP contribution in [0.2, 0.25) is 0 Å². The third-order valence-corrected chi connectivity index (χ3v) is 5.91. The quantitative estimate of drug-likeness (QED) is 0.618. The number of alkyl halides is 3. The van der Waals surface area contributed by atoms with Crippen molar-refractivity contribution < 1.29 is 31.9 Å². The molecule has 2 aliphatic heterocycles. The van der Waals surface area contributed by atoms with Crippen LogP contribution >= 0.6 is 0 Å². The second-order valence-corrected chi connectivity index (χ2v) is 8.25. The molecule has 0 N–H and O–H groups in total. The molecule has 0 bridgehead atoms. The summed E-state index contributed by atoms with van der Waals surface area (Å²) in [5, 5.41) is 5.38. The number of benzene rings is 2. The largest absolute Gasteiger partial charge is 0.417 e. The highest BCUT2D eigenvalue weighted by atomic mass is 19.4. The minimum Gasteiger partial charge on any atom is -0.335 e. The maximum absolute atomic E-state index is 13.3. The van der Waals surface area contributed by atoms with Gasteiger partial charge in [-0.1, -0.05) is 24.3 Å². The standard InChI is InChI=1S/C24H22F4N4O3/c25-17-7-5-16(6-8-17)15-32-21(33)10-9-20(29-32)23(35)31-13-11-30(12-14-31)22(34)18-3-1-2-4-19(18)24(26,27)28/h1-8H,9-15H2. The van der Waals surface area contributed by atoms with Crippen LogP contribution in [0.25, 0.3) is 0 Å². The number of piperazine rings is 1. The number of rotatable bonds is 4. The first kappa shape index (κ1) is 24.4. The van der Waals surface area contributed by atoms with Gasteiger partial charge in [0.2, 0.25) is 5.91 Å². The van der Waals surface area contributed by atoms with Crippen molar-refractivity contribution in [1.82, 2.24) is 14.8 Å². The molecule has 0 aliphatic carbocycles. The Morgan fingerprint density at radius 2 is 1.46 bits per heavy atom. The van der Waals surface area contributed by atoms with Gasteiger partial charge in [-0.15, -0.1) is 0 Å². The number of hydrogen-bond donors (Lipinski definition) is 0. The van der Waals surface area contributed by atoms with Gasteiger partial charge in [0.1, 0.15) is 11.5 Å². The Kier molecular flexibility index (Phi) is 6.86. The smallest absolute Gasteiger partial charge is 0.335 e. The molecule has 0 spiro atoms. The molecule has 2 heterocycles. The van der Waals surface area contributed by atoms with Gasteiger partial charge < -0.3 is 9.80 Å². The van der Waals surface area contributed by atoms with Crippen molar-refractivity contribution in [3.05, 3.63) is 71.0 Å². The maximum Gasteiger partial charge on any atom is 0.417 e. The summed E-state index contributed by atoms with van der Waals surface area (Å²) in [7, 11) is 0. The average molecular weight is 490 g/mol. The lowest BCUT2D eigenvalue weighted by atomic mass is 10.1. The van der Waals surface area contributed by atoms with Gasteiger partial charge >= 0.3 is 6.18 Å². The van der Waals surface area contributed by atoms with Crippen molar-refractivity contribution in [3.8, 4) is 0 Å². The van der Waals surface area contributed by atoms with Crippen molar-refractivity contribution in [2.45, 2.75) is 25.6 Å². The maximum atomic E-state index is 13.3. The first-order valence-electron chi connectivity index (χ1n) is 11.0. The van der Waals surface area contributed by atoms with E-state index in [0.29, 0.717) is 5.56 Å². The topological polar surface area (TPSA) is 73.3 Å². The molecule has 2 aromatic carbocycles. The lowest BCUT2D eigenvalue weighted by Crippen LogP contribution is -2.53. The summed E-state index contributed by atoms with van der Waals surface area (Å²) >= 11 is 0. The molecule has 184 valence electrons. The highest BCUT2D eigenvalue weighted by Crippen LogP contribution is 2.32. The van der Waals surface area contributed by atoms with Crippen LogP contribution in [-0.4, -0.2) is 64.4 Å². The fraction of sp³-hybridized carbons (Fsp3) is 0.333. The molecule has 2 aliphatic rings. The minimum absolute atomic E-state index is 0.0717. The van der Waals surface area contributed by atoms with E-state index in [1.54, 1.807) is 0 Å². The Labute approximate surface area is 198 Å². The summed E-state index contributed by atoms with van der Waals surface area (Å²) in [4.78, 5) is 40.8. The highest BCUT2D eigenvalue weighted by Gasteiger charge is 2.37. The zero-order valence-electron chi connectivity index (χ0n) is 18.6. The van der Waals surface area contributed by atoms with E-state index in [2.05, 4.69) is 5.10 Å². The lowest BCUT2D eigenvalue weighted by Gasteiger charge is -2.36. The molecule has 7 nitrogen and oxygen atoms in total. The zero-order valence-corrected chi connectivity index (χ0v) is 18.6. The van der Waals surface area contributed by atoms with Gasteiger partial charge in [0.15, 0.2) is 0 Å². The van der Waals surface area contributed by atoms with Gasteiger partial charge in [-0.25, -0.2) is 9.40 Å². The highest BCUT2D eigenvalue weighted by molar-refractivity contribution is 6.39. The van der Waals surface area contributed by atoms with E-state index in [4.69, 9.17) is 0 Å². The van der Waals surface area contributed by atoms with Crippen LogP contribution in [0.1, 0.15) is 34.3 Å². The zero-order chi connectivity index (χ0) is 25.2.